The van der Waals surface area contributed by atoms with Crippen LogP contribution in [-0.2, 0) is 11.2 Å². The van der Waals surface area contributed by atoms with Crippen LogP contribution in [0.3, 0.4) is 0 Å². The predicted molar refractivity (Wildman–Crippen MR) is 60.6 cm³/mol. The number of amides is 1. The Hall–Kier alpha value is -1.45. The molecule has 2 unspecified atom stereocenters. The standard InChI is InChI=1S/C12H17N3O/c1-3-11-9(7-15(2)12(11)16)6-10-4-5-13-8-14-10/h4-5,8-9,11H,3,6-7H2,1-2H3. The van der Waals surface area contributed by atoms with E-state index in [4.69, 9.17) is 0 Å². The summed E-state index contributed by atoms with van der Waals surface area (Å²) in [5, 5.41) is 0. The van der Waals surface area contributed by atoms with Crippen molar-refractivity contribution in [1.82, 2.24) is 14.9 Å². The fourth-order valence-corrected chi connectivity index (χ4v) is 2.48. The normalized spacial score (nSPS) is 25.1. The lowest BCUT2D eigenvalue weighted by Gasteiger charge is -2.13. The van der Waals surface area contributed by atoms with Crippen molar-refractivity contribution in [3.63, 3.8) is 0 Å². The molecule has 1 aliphatic heterocycles. The van der Waals surface area contributed by atoms with Gasteiger partial charge in [0.2, 0.25) is 5.91 Å². The van der Waals surface area contributed by atoms with Crippen molar-refractivity contribution < 1.29 is 4.79 Å². The average Bonchev–Trinajstić information content (AvgIpc) is 2.56. The van der Waals surface area contributed by atoms with Crippen LogP contribution in [0.25, 0.3) is 0 Å². The largest absolute Gasteiger partial charge is 0.345 e. The molecule has 2 atom stereocenters. The number of carbonyl (C=O) groups excluding carboxylic acids is 1. The van der Waals surface area contributed by atoms with Crippen molar-refractivity contribution >= 4 is 5.91 Å². The van der Waals surface area contributed by atoms with Gasteiger partial charge in [0, 0.05) is 31.4 Å². The third-order valence-corrected chi connectivity index (χ3v) is 3.33. The van der Waals surface area contributed by atoms with Crippen LogP contribution in [0.2, 0.25) is 0 Å². The third kappa shape index (κ3) is 2.05. The molecule has 2 rings (SSSR count). The molecule has 0 saturated carbocycles. The van der Waals surface area contributed by atoms with Crippen molar-refractivity contribution in [3.05, 3.63) is 24.3 Å². The molecule has 4 heteroatoms. The number of aromatic nitrogens is 2. The second kappa shape index (κ2) is 4.60. The summed E-state index contributed by atoms with van der Waals surface area (Å²) >= 11 is 0. The third-order valence-electron chi connectivity index (χ3n) is 3.33. The van der Waals surface area contributed by atoms with Crippen molar-refractivity contribution in [3.8, 4) is 0 Å². The van der Waals surface area contributed by atoms with Gasteiger partial charge in [-0.3, -0.25) is 4.79 Å². The van der Waals surface area contributed by atoms with Gasteiger partial charge in [0.15, 0.2) is 0 Å². The van der Waals surface area contributed by atoms with E-state index in [1.54, 1.807) is 12.5 Å². The van der Waals surface area contributed by atoms with E-state index in [0.29, 0.717) is 5.92 Å². The van der Waals surface area contributed by atoms with Crippen molar-refractivity contribution in [2.24, 2.45) is 11.8 Å². The van der Waals surface area contributed by atoms with Gasteiger partial charge in [-0.1, -0.05) is 6.92 Å². The zero-order chi connectivity index (χ0) is 11.5. The molecule has 0 radical (unpaired) electrons. The predicted octanol–water partition coefficient (Wildman–Crippen LogP) is 1.13. The summed E-state index contributed by atoms with van der Waals surface area (Å²) < 4.78 is 0. The first-order valence-electron chi connectivity index (χ1n) is 5.72. The fraction of sp³-hybridized carbons (Fsp3) is 0.583. The number of likely N-dealkylation sites (tertiary alicyclic amines) is 1. The van der Waals surface area contributed by atoms with E-state index in [9.17, 15) is 4.79 Å². The summed E-state index contributed by atoms with van der Waals surface area (Å²) in [6.07, 6.45) is 5.11. The molecule has 16 heavy (non-hydrogen) atoms. The van der Waals surface area contributed by atoms with Crippen molar-refractivity contribution in [2.75, 3.05) is 13.6 Å². The van der Waals surface area contributed by atoms with Gasteiger partial charge >= 0.3 is 0 Å². The van der Waals surface area contributed by atoms with Crippen LogP contribution in [0, 0.1) is 11.8 Å². The molecular formula is C12H17N3O. The van der Waals surface area contributed by atoms with Gasteiger partial charge in [0.1, 0.15) is 6.33 Å². The maximum atomic E-state index is 11.8. The molecule has 4 nitrogen and oxygen atoms in total. The van der Waals surface area contributed by atoms with Gasteiger partial charge in [-0.15, -0.1) is 0 Å². The van der Waals surface area contributed by atoms with E-state index in [0.717, 1.165) is 25.1 Å². The van der Waals surface area contributed by atoms with Crippen molar-refractivity contribution in [2.45, 2.75) is 19.8 Å². The van der Waals surface area contributed by atoms with Crippen LogP contribution < -0.4 is 0 Å². The van der Waals surface area contributed by atoms with E-state index >= 15 is 0 Å². The molecule has 86 valence electrons. The molecule has 0 aliphatic carbocycles. The van der Waals surface area contributed by atoms with Gasteiger partial charge < -0.3 is 4.90 Å². The SMILES string of the molecule is CCC1C(=O)N(C)CC1Cc1ccncn1. The number of carbonyl (C=O) groups is 1. The molecule has 2 heterocycles. The second-order valence-electron chi connectivity index (χ2n) is 4.40. The van der Waals surface area contributed by atoms with Gasteiger partial charge in [-0.05, 0) is 24.8 Å². The van der Waals surface area contributed by atoms with Crippen LogP contribution in [0.15, 0.2) is 18.6 Å². The number of nitrogens with zero attached hydrogens (tertiary/aromatic N) is 3. The maximum Gasteiger partial charge on any atom is 0.225 e. The molecule has 0 spiro atoms. The lowest BCUT2D eigenvalue weighted by atomic mass is 9.89. The molecule has 1 saturated heterocycles. The summed E-state index contributed by atoms with van der Waals surface area (Å²) in [6, 6.07) is 1.93. The average molecular weight is 219 g/mol. The Bertz CT molecular complexity index is 366. The van der Waals surface area contributed by atoms with E-state index < -0.39 is 0 Å². The monoisotopic (exact) mass is 219 g/mol. The first-order valence-corrected chi connectivity index (χ1v) is 5.72. The molecule has 0 bridgehead atoms. The van der Waals surface area contributed by atoms with E-state index in [-0.39, 0.29) is 11.8 Å². The Morgan fingerprint density at radius 1 is 1.56 bits per heavy atom. The molecule has 0 aromatic carbocycles. The molecule has 1 aromatic rings. The lowest BCUT2D eigenvalue weighted by Crippen LogP contribution is -2.22. The van der Waals surface area contributed by atoms with E-state index in [1.807, 2.05) is 18.0 Å². The molecule has 0 N–H and O–H groups in total. The highest BCUT2D eigenvalue weighted by Crippen LogP contribution is 2.28. The first-order chi connectivity index (χ1) is 7.72. The van der Waals surface area contributed by atoms with Crippen LogP contribution in [0.5, 0.6) is 0 Å². The van der Waals surface area contributed by atoms with Crippen LogP contribution in [0.4, 0.5) is 0 Å². The summed E-state index contributed by atoms with van der Waals surface area (Å²) in [4.78, 5) is 21.8. The highest BCUT2D eigenvalue weighted by molar-refractivity contribution is 5.81. The van der Waals surface area contributed by atoms with Crippen molar-refractivity contribution in [1.29, 1.82) is 0 Å². The molecule has 1 aliphatic rings. The van der Waals surface area contributed by atoms with Crippen LogP contribution in [0.1, 0.15) is 19.0 Å². The molecule has 1 fully saturated rings. The van der Waals surface area contributed by atoms with Gasteiger partial charge in [0.25, 0.3) is 0 Å². The van der Waals surface area contributed by atoms with Gasteiger partial charge in [-0.25, -0.2) is 9.97 Å². The minimum Gasteiger partial charge on any atom is -0.345 e. The Morgan fingerprint density at radius 3 is 3.00 bits per heavy atom. The smallest absolute Gasteiger partial charge is 0.225 e. The summed E-state index contributed by atoms with van der Waals surface area (Å²) in [6.45, 7) is 2.93. The minimum atomic E-state index is 0.167. The maximum absolute atomic E-state index is 11.8. The zero-order valence-electron chi connectivity index (χ0n) is 9.76. The lowest BCUT2D eigenvalue weighted by molar-refractivity contribution is -0.130. The Morgan fingerprint density at radius 2 is 2.38 bits per heavy atom. The van der Waals surface area contributed by atoms with Crippen LogP contribution >= 0.6 is 0 Å². The molecule has 1 amide bonds. The second-order valence-corrected chi connectivity index (χ2v) is 4.40. The summed E-state index contributed by atoms with van der Waals surface area (Å²) in [5.41, 5.74) is 1.03. The number of hydrogen-bond donors (Lipinski definition) is 0. The quantitative estimate of drug-likeness (QED) is 0.765. The number of rotatable bonds is 3. The van der Waals surface area contributed by atoms with Gasteiger partial charge in [0.05, 0.1) is 0 Å². The Labute approximate surface area is 95.7 Å². The van der Waals surface area contributed by atoms with E-state index in [1.165, 1.54) is 0 Å². The summed E-state index contributed by atoms with van der Waals surface area (Å²) in [7, 11) is 1.88. The summed E-state index contributed by atoms with van der Waals surface area (Å²) in [5.74, 6) is 0.846. The minimum absolute atomic E-state index is 0.167. The fourth-order valence-electron chi connectivity index (χ4n) is 2.48. The highest BCUT2D eigenvalue weighted by Gasteiger charge is 2.37. The molecular weight excluding hydrogens is 202 g/mol. The molecule has 1 aromatic heterocycles. The van der Waals surface area contributed by atoms with Crippen LogP contribution in [-0.4, -0.2) is 34.4 Å². The Balaban J connectivity index is 2.08. The highest BCUT2D eigenvalue weighted by atomic mass is 16.2. The number of hydrogen-bond acceptors (Lipinski definition) is 3. The van der Waals surface area contributed by atoms with Gasteiger partial charge in [-0.2, -0.15) is 0 Å². The topological polar surface area (TPSA) is 46.1 Å². The zero-order valence-corrected chi connectivity index (χ0v) is 9.76. The van der Waals surface area contributed by atoms with E-state index in [2.05, 4.69) is 16.9 Å². The first kappa shape index (κ1) is 11.0. The Kier molecular flexibility index (Phi) is 3.17.